The standard InChI is InChI=1S/C23H28F4N4O2S/c24-21(25)16-11-18(22(26)27)31(29-16)12-20(33)30-8-6-15(7-9-30)23-28-17(13-34-23)19(32)10-14-4-2-1-3-5-14/h11,13-15,21-22H,1-10,12H2. The first-order chi connectivity index (χ1) is 16.3. The van der Waals surface area contributed by atoms with Gasteiger partial charge in [0, 0.05) is 30.8 Å². The van der Waals surface area contributed by atoms with Crippen LogP contribution in [-0.2, 0) is 11.3 Å². The summed E-state index contributed by atoms with van der Waals surface area (Å²) >= 11 is 1.47. The van der Waals surface area contributed by atoms with Crippen molar-refractivity contribution in [1.29, 1.82) is 0 Å². The Morgan fingerprint density at radius 1 is 1.03 bits per heavy atom. The van der Waals surface area contributed by atoms with E-state index in [0.29, 0.717) is 54.7 Å². The fourth-order valence-corrected chi connectivity index (χ4v) is 5.82. The lowest BCUT2D eigenvalue weighted by Gasteiger charge is -2.31. The zero-order valence-corrected chi connectivity index (χ0v) is 19.6. The van der Waals surface area contributed by atoms with Crippen LogP contribution in [0, 0.1) is 5.92 Å². The van der Waals surface area contributed by atoms with E-state index in [-0.39, 0.29) is 11.7 Å². The minimum Gasteiger partial charge on any atom is -0.341 e. The van der Waals surface area contributed by atoms with Gasteiger partial charge in [-0.25, -0.2) is 22.5 Å². The molecule has 0 spiro atoms. The van der Waals surface area contributed by atoms with Crippen LogP contribution in [0.3, 0.4) is 0 Å². The molecule has 0 bridgehead atoms. The highest BCUT2D eigenvalue weighted by atomic mass is 32.1. The van der Waals surface area contributed by atoms with Crippen molar-refractivity contribution in [3.63, 3.8) is 0 Å². The van der Waals surface area contributed by atoms with Crippen LogP contribution in [0.1, 0.15) is 97.0 Å². The predicted octanol–water partition coefficient (Wildman–Crippen LogP) is 5.77. The number of alkyl halides is 4. The van der Waals surface area contributed by atoms with Crippen LogP contribution in [0.2, 0.25) is 0 Å². The fourth-order valence-electron chi connectivity index (χ4n) is 4.83. The Balaban J connectivity index is 1.30. The highest BCUT2D eigenvalue weighted by Crippen LogP contribution is 2.32. The number of nitrogens with zero attached hydrogens (tertiary/aromatic N) is 4. The molecule has 0 radical (unpaired) electrons. The van der Waals surface area contributed by atoms with E-state index >= 15 is 0 Å². The van der Waals surface area contributed by atoms with Gasteiger partial charge in [0.05, 0.1) is 5.01 Å². The maximum Gasteiger partial charge on any atom is 0.282 e. The van der Waals surface area contributed by atoms with E-state index in [9.17, 15) is 27.2 Å². The average Bonchev–Trinajstić information content (AvgIpc) is 3.48. The van der Waals surface area contributed by atoms with Gasteiger partial charge in [0.15, 0.2) is 5.78 Å². The SMILES string of the molecule is O=C(CC1CCCCC1)c1csc(C2CCN(C(=O)Cn3nc(C(F)F)cc3C(F)F)CC2)n1. The molecule has 3 heterocycles. The Kier molecular flexibility index (Phi) is 8.00. The van der Waals surface area contributed by atoms with Crippen LogP contribution < -0.4 is 0 Å². The molecule has 1 saturated carbocycles. The monoisotopic (exact) mass is 500 g/mol. The molecule has 11 heteroatoms. The van der Waals surface area contributed by atoms with Crippen LogP contribution in [0.25, 0.3) is 0 Å². The molecule has 186 valence electrons. The summed E-state index contributed by atoms with van der Waals surface area (Å²) in [5.41, 5.74) is -0.928. The van der Waals surface area contributed by atoms with Crippen molar-refractivity contribution in [2.45, 2.75) is 76.7 Å². The van der Waals surface area contributed by atoms with E-state index < -0.39 is 36.7 Å². The highest BCUT2D eigenvalue weighted by molar-refractivity contribution is 7.09. The van der Waals surface area contributed by atoms with Gasteiger partial charge in [-0.3, -0.25) is 14.3 Å². The molecule has 1 aliphatic carbocycles. The van der Waals surface area contributed by atoms with Crippen LogP contribution in [0.15, 0.2) is 11.4 Å². The maximum absolute atomic E-state index is 13.2. The number of hydrogen-bond donors (Lipinski definition) is 0. The lowest BCUT2D eigenvalue weighted by molar-refractivity contribution is -0.133. The third kappa shape index (κ3) is 5.84. The van der Waals surface area contributed by atoms with E-state index in [0.717, 1.165) is 17.8 Å². The van der Waals surface area contributed by atoms with Gasteiger partial charge in [-0.2, -0.15) is 5.10 Å². The number of hydrogen-bond acceptors (Lipinski definition) is 5. The van der Waals surface area contributed by atoms with Crippen LogP contribution in [-0.4, -0.2) is 44.4 Å². The van der Waals surface area contributed by atoms with Gasteiger partial charge in [0.2, 0.25) is 5.91 Å². The van der Waals surface area contributed by atoms with Crippen molar-refractivity contribution >= 4 is 23.0 Å². The Labute approximate surface area is 199 Å². The molecule has 34 heavy (non-hydrogen) atoms. The molecule has 0 unspecified atom stereocenters. The molecule has 1 saturated heterocycles. The van der Waals surface area contributed by atoms with Crippen molar-refractivity contribution < 1.29 is 27.2 Å². The van der Waals surface area contributed by atoms with E-state index in [4.69, 9.17) is 0 Å². The second-order valence-electron chi connectivity index (χ2n) is 9.11. The van der Waals surface area contributed by atoms with Crippen LogP contribution in [0.5, 0.6) is 0 Å². The lowest BCUT2D eigenvalue weighted by atomic mass is 9.85. The summed E-state index contributed by atoms with van der Waals surface area (Å²) in [5, 5.41) is 6.19. The van der Waals surface area contributed by atoms with Crippen molar-refractivity contribution in [1.82, 2.24) is 19.7 Å². The summed E-state index contributed by atoms with van der Waals surface area (Å²) in [6.07, 6.45) is 1.68. The highest BCUT2D eigenvalue weighted by Gasteiger charge is 2.29. The molecule has 0 atom stereocenters. The molecule has 2 aromatic heterocycles. The number of amides is 1. The zero-order valence-electron chi connectivity index (χ0n) is 18.8. The topological polar surface area (TPSA) is 68.1 Å². The van der Waals surface area contributed by atoms with Gasteiger partial charge in [-0.05, 0) is 24.8 Å². The Bertz CT molecular complexity index is 995. The molecular weight excluding hydrogens is 472 g/mol. The quantitative estimate of drug-likeness (QED) is 0.341. The number of ketones is 1. The number of thiazole rings is 1. The first-order valence-corrected chi connectivity index (χ1v) is 12.6. The third-order valence-electron chi connectivity index (χ3n) is 6.77. The normalized spacial score (nSPS) is 18.2. The van der Waals surface area contributed by atoms with Crippen molar-refractivity contribution in [3.8, 4) is 0 Å². The fraction of sp³-hybridized carbons (Fsp3) is 0.652. The summed E-state index contributed by atoms with van der Waals surface area (Å²) in [6.45, 7) is 0.303. The Morgan fingerprint density at radius 2 is 1.74 bits per heavy atom. The molecular formula is C23H28F4N4O2S. The average molecular weight is 501 g/mol. The number of Topliss-reactive ketones (excluding diaryl/α,β-unsaturated/α-hetero) is 1. The van der Waals surface area contributed by atoms with Crippen molar-refractivity contribution in [2.75, 3.05) is 13.1 Å². The van der Waals surface area contributed by atoms with E-state index in [2.05, 4.69) is 10.1 Å². The van der Waals surface area contributed by atoms with Crippen molar-refractivity contribution in [2.24, 2.45) is 5.92 Å². The molecule has 2 fully saturated rings. The second-order valence-corrected chi connectivity index (χ2v) is 10.0. The molecule has 6 nitrogen and oxygen atoms in total. The minimum atomic E-state index is -3.00. The number of halogens is 4. The van der Waals surface area contributed by atoms with Crippen molar-refractivity contribution in [3.05, 3.63) is 33.5 Å². The number of carbonyl (C=O) groups is 2. The lowest BCUT2D eigenvalue weighted by Crippen LogP contribution is -2.40. The second kappa shape index (κ2) is 11.0. The smallest absolute Gasteiger partial charge is 0.282 e. The first-order valence-electron chi connectivity index (χ1n) is 11.7. The molecule has 2 aliphatic rings. The van der Waals surface area contributed by atoms with Crippen LogP contribution >= 0.6 is 11.3 Å². The van der Waals surface area contributed by atoms with Gasteiger partial charge < -0.3 is 4.90 Å². The van der Waals surface area contributed by atoms with Gasteiger partial charge in [-0.1, -0.05) is 32.1 Å². The maximum atomic E-state index is 13.2. The van der Waals surface area contributed by atoms with E-state index in [1.165, 1.54) is 35.5 Å². The Morgan fingerprint density at radius 3 is 2.38 bits per heavy atom. The van der Waals surface area contributed by atoms with Gasteiger partial charge >= 0.3 is 0 Å². The number of carbonyl (C=O) groups excluding carboxylic acids is 2. The largest absolute Gasteiger partial charge is 0.341 e. The number of aromatic nitrogens is 3. The number of likely N-dealkylation sites (tertiary alicyclic amines) is 1. The minimum absolute atomic E-state index is 0.0965. The predicted molar refractivity (Wildman–Crippen MR) is 118 cm³/mol. The summed E-state index contributed by atoms with van der Waals surface area (Å²) < 4.78 is 52.7. The zero-order chi connectivity index (χ0) is 24.2. The van der Waals surface area contributed by atoms with E-state index in [1.54, 1.807) is 0 Å². The third-order valence-corrected chi connectivity index (χ3v) is 7.77. The first kappa shape index (κ1) is 24.8. The van der Waals surface area contributed by atoms with Crippen LogP contribution in [0.4, 0.5) is 17.6 Å². The summed E-state index contributed by atoms with van der Waals surface area (Å²) in [5.74, 6) is 0.237. The van der Waals surface area contributed by atoms with Gasteiger partial charge in [0.1, 0.15) is 23.6 Å². The molecule has 1 amide bonds. The van der Waals surface area contributed by atoms with E-state index in [1.807, 2.05) is 5.38 Å². The molecule has 1 aliphatic heterocycles. The summed E-state index contributed by atoms with van der Waals surface area (Å²) in [6, 6.07) is 0.643. The molecule has 0 N–H and O–H groups in total. The summed E-state index contributed by atoms with van der Waals surface area (Å²) in [7, 11) is 0. The molecule has 2 aromatic rings. The number of piperidine rings is 1. The van der Waals surface area contributed by atoms with Gasteiger partial charge in [-0.15, -0.1) is 11.3 Å². The van der Waals surface area contributed by atoms with Gasteiger partial charge in [0.25, 0.3) is 12.9 Å². The Hall–Kier alpha value is -2.30. The molecule has 4 rings (SSSR count). The number of rotatable bonds is 8. The summed E-state index contributed by atoms with van der Waals surface area (Å²) in [4.78, 5) is 31.4. The molecule has 0 aromatic carbocycles.